The standard InChI is InChI=1S/C16H21N3O3S/c1-12-16(13(2)22-18-12)23(20,21)17-11-14-7-3-4-8-15(14)19-9-5-6-10-19/h3-4,7-8,17H,5-6,9-11H2,1-2H3. The fraction of sp³-hybridized carbons (Fsp3) is 0.438. The van der Waals surface area contributed by atoms with Crippen molar-refractivity contribution in [1.29, 1.82) is 0 Å². The molecule has 1 aliphatic heterocycles. The number of hydrogen-bond acceptors (Lipinski definition) is 5. The van der Waals surface area contributed by atoms with Gasteiger partial charge in [0.1, 0.15) is 10.6 Å². The molecular formula is C16H21N3O3S. The van der Waals surface area contributed by atoms with Crippen LogP contribution in [0.3, 0.4) is 0 Å². The number of aryl methyl sites for hydroxylation is 2. The number of rotatable bonds is 5. The third-order valence-electron chi connectivity index (χ3n) is 4.13. The molecule has 0 atom stereocenters. The molecule has 6 nitrogen and oxygen atoms in total. The zero-order chi connectivity index (χ0) is 16.4. The average molecular weight is 335 g/mol. The molecule has 7 heteroatoms. The minimum Gasteiger partial charge on any atom is -0.371 e. The summed E-state index contributed by atoms with van der Waals surface area (Å²) < 4.78 is 32.7. The normalized spacial score (nSPS) is 15.3. The number of hydrogen-bond donors (Lipinski definition) is 1. The van der Waals surface area contributed by atoms with Gasteiger partial charge in [0.05, 0.1) is 0 Å². The van der Waals surface area contributed by atoms with Gasteiger partial charge in [-0.25, -0.2) is 13.1 Å². The van der Waals surface area contributed by atoms with Gasteiger partial charge < -0.3 is 9.42 Å². The van der Waals surface area contributed by atoms with E-state index in [1.165, 1.54) is 12.8 Å². The Bertz CT molecular complexity index is 773. The summed E-state index contributed by atoms with van der Waals surface area (Å²) in [6, 6.07) is 7.92. The lowest BCUT2D eigenvalue weighted by Gasteiger charge is -2.21. The quantitative estimate of drug-likeness (QED) is 0.908. The number of para-hydroxylation sites is 1. The van der Waals surface area contributed by atoms with Gasteiger partial charge in [0, 0.05) is 25.3 Å². The Kier molecular flexibility index (Phi) is 4.41. The summed E-state index contributed by atoms with van der Waals surface area (Å²) >= 11 is 0. The number of benzene rings is 1. The van der Waals surface area contributed by atoms with Gasteiger partial charge in [-0.1, -0.05) is 23.4 Å². The fourth-order valence-corrected chi connectivity index (χ4v) is 4.36. The third kappa shape index (κ3) is 3.25. The van der Waals surface area contributed by atoms with Crippen LogP contribution in [0.2, 0.25) is 0 Å². The Balaban J connectivity index is 1.81. The molecule has 1 N–H and O–H groups in total. The number of aromatic nitrogens is 1. The highest BCUT2D eigenvalue weighted by Crippen LogP contribution is 2.25. The summed E-state index contributed by atoms with van der Waals surface area (Å²) in [6.45, 7) is 5.52. The molecule has 2 heterocycles. The van der Waals surface area contributed by atoms with Crippen molar-refractivity contribution in [3.8, 4) is 0 Å². The molecule has 0 amide bonds. The molecule has 1 aliphatic rings. The summed E-state index contributed by atoms with van der Waals surface area (Å²) in [7, 11) is -3.64. The van der Waals surface area contributed by atoms with Crippen molar-refractivity contribution in [3.05, 3.63) is 41.3 Å². The summed E-state index contributed by atoms with van der Waals surface area (Å²) in [5.74, 6) is 0.308. The maximum Gasteiger partial charge on any atom is 0.246 e. The molecule has 1 aromatic carbocycles. The Morgan fingerprint density at radius 2 is 1.91 bits per heavy atom. The second-order valence-corrected chi connectivity index (χ2v) is 7.50. The molecule has 0 saturated carbocycles. The van der Waals surface area contributed by atoms with E-state index in [9.17, 15) is 8.42 Å². The van der Waals surface area contributed by atoms with Crippen molar-refractivity contribution in [1.82, 2.24) is 9.88 Å². The largest absolute Gasteiger partial charge is 0.371 e. The van der Waals surface area contributed by atoms with Crippen LogP contribution < -0.4 is 9.62 Å². The average Bonchev–Trinajstić information content (AvgIpc) is 3.16. The molecule has 1 fully saturated rings. The summed E-state index contributed by atoms with van der Waals surface area (Å²) in [5, 5.41) is 3.72. The molecule has 0 unspecified atom stereocenters. The van der Waals surface area contributed by atoms with E-state index in [1.807, 2.05) is 24.3 Å². The highest BCUT2D eigenvalue weighted by atomic mass is 32.2. The molecule has 2 aromatic rings. The van der Waals surface area contributed by atoms with E-state index in [0.717, 1.165) is 24.3 Å². The summed E-state index contributed by atoms with van der Waals surface area (Å²) in [5.41, 5.74) is 2.46. The molecule has 1 saturated heterocycles. The lowest BCUT2D eigenvalue weighted by molar-refractivity contribution is 0.390. The Hall–Kier alpha value is -1.86. The van der Waals surface area contributed by atoms with Gasteiger partial charge in [-0.2, -0.15) is 0 Å². The monoisotopic (exact) mass is 335 g/mol. The Labute approximate surface area is 136 Å². The first kappa shape index (κ1) is 16.0. The molecular weight excluding hydrogens is 314 g/mol. The maximum absolute atomic E-state index is 12.5. The molecule has 3 rings (SSSR count). The van der Waals surface area contributed by atoms with Crippen molar-refractivity contribution in [2.75, 3.05) is 18.0 Å². The van der Waals surface area contributed by atoms with E-state index in [-0.39, 0.29) is 11.4 Å². The van der Waals surface area contributed by atoms with Crippen molar-refractivity contribution in [2.45, 2.75) is 38.1 Å². The van der Waals surface area contributed by atoms with Crippen LogP contribution in [0.5, 0.6) is 0 Å². The van der Waals surface area contributed by atoms with Crippen LogP contribution in [0.4, 0.5) is 5.69 Å². The smallest absolute Gasteiger partial charge is 0.246 e. The predicted molar refractivity (Wildman–Crippen MR) is 87.9 cm³/mol. The van der Waals surface area contributed by atoms with E-state index < -0.39 is 10.0 Å². The number of nitrogens with one attached hydrogen (secondary N) is 1. The minimum atomic E-state index is -3.64. The molecule has 0 bridgehead atoms. The molecule has 0 aliphatic carbocycles. The van der Waals surface area contributed by atoms with Crippen LogP contribution in [0, 0.1) is 13.8 Å². The summed E-state index contributed by atoms with van der Waals surface area (Å²) in [4.78, 5) is 2.44. The fourth-order valence-electron chi connectivity index (χ4n) is 3.03. The van der Waals surface area contributed by atoms with Gasteiger partial charge in [0.2, 0.25) is 10.0 Å². The second-order valence-electron chi connectivity index (χ2n) is 5.80. The number of anilines is 1. The first-order valence-electron chi connectivity index (χ1n) is 7.74. The van der Waals surface area contributed by atoms with Gasteiger partial charge in [-0.3, -0.25) is 0 Å². The SMILES string of the molecule is Cc1noc(C)c1S(=O)(=O)NCc1ccccc1N1CCCC1. The van der Waals surface area contributed by atoms with Crippen LogP contribution in [0.1, 0.15) is 29.9 Å². The second kappa shape index (κ2) is 6.33. The van der Waals surface area contributed by atoms with Crippen LogP contribution in [-0.4, -0.2) is 26.7 Å². The van der Waals surface area contributed by atoms with Gasteiger partial charge in [0.25, 0.3) is 0 Å². The van der Waals surface area contributed by atoms with E-state index in [0.29, 0.717) is 11.5 Å². The topological polar surface area (TPSA) is 75.4 Å². The lowest BCUT2D eigenvalue weighted by atomic mass is 10.1. The minimum absolute atomic E-state index is 0.135. The van der Waals surface area contributed by atoms with Crippen LogP contribution >= 0.6 is 0 Å². The Morgan fingerprint density at radius 3 is 2.57 bits per heavy atom. The van der Waals surface area contributed by atoms with E-state index in [2.05, 4.69) is 14.8 Å². The summed E-state index contributed by atoms with van der Waals surface area (Å²) in [6.07, 6.45) is 2.36. The van der Waals surface area contributed by atoms with Gasteiger partial charge in [-0.05, 0) is 38.3 Å². The van der Waals surface area contributed by atoms with E-state index in [4.69, 9.17) is 4.52 Å². The first-order valence-corrected chi connectivity index (χ1v) is 9.23. The van der Waals surface area contributed by atoms with Crippen molar-refractivity contribution in [3.63, 3.8) is 0 Å². The molecule has 23 heavy (non-hydrogen) atoms. The third-order valence-corrected chi connectivity index (χ3v) is 5.77. The van der Waals surface area contributed by atoms with Crippen molar-refractivity contribution >= 4 is 15.7 Å². The molecule has 0 radical (unpaired) electrons. The van der Waals surface area contributed by atoms with Crippen molar-refractivity contribution in [2.24, 2.45) is 0 Å². The van der Waals surface area contributed by atoms with Crippen LogP contribution in [0.25, 0.3) is 0 Å². The molecule has 124 valence electrons. The number of sulfonamides is 1. The highest BCUT2D eigenvalue weighted by molar-refractivity contribution is 7.89. The maximum atomic E-state index is 12.5. The molecule has 0 spiro atoms. The van der Waals surface area contributed by atoms with E-state index in [1.54, 1.807) is 13.8 Å². The first-order chi connectivity index (χ1) is 11.0. The van der Waals surface area contributed by atoms with Crippen LogP contribution in [0.15, 0.2) is 33.7 Å². The van der Waals surface area contributed by atoms with Gasteiger partial charge >= 0.3 is 0 Å². The Morgan fingerprint density at radius 1 is 1.22 bits per heavy atom. The highest BCUT2D eigenvalue weighted by Gasteiger charge is 2.24. The lowest BCUT2D eigenvalue weighted by Crippen LogP contribution is -2.26. The van der Waals surface area contributed by atoms with Crippen molar-refractivity contribution < 1.29 is 12.9 Å². The zero-order valence-corrected chi connectivity index (χ0v) is 14.2. The van der Waals surface area contributed by atoms with E-state index >= 15 is 0 Å². The van der Waals surface area contributed by atoms with Gasteiger partial charge in [0.15, 0.2) is 5.76 Å². The molecule has 1 aromatic heterocycles. The van der Waals surface area contributed by atoms with Crippen LogP contribution in [-0.2, 0) is 16.6 Å². The number of nitrogens with zero attached hydrogens (tertiary/aromatic N) is 2. The predicted octanol–water partition coefficient (Wildman–Crippen LogP) is 2.37. The van der Waals surface area contributed by atoms with Gasteiger partial charge in [-0.15, -0.1) is 0 Å². The zero-order valence-electron chi connectivity index (χ0n) is 13.4.